The molecule has 7 nitrogen and oxygen atoms in total. The Bertz CT molecular complexity index is 1090. The van der Waals surface area contributed by atoms with Crippen molar-refractivity contribution in [3.63, 3.8) is 0 Å². The van der Waals surface area contributed by atoms with Gasteiger partial charge in [-0.15, -0.1) is 10.2 Å². The molecule has 0 aliphatic rings. The van der Waals surface area contributed by atoms with E-state index in [9.17, 15) is 18.1 Å². The van der Waals surface area contributed by atoms with Crippen molar-refractivity contribution in [2.75, 3.05) is 7.11 Å². The molecule has 2 N–H and O–H groups in total. The fraction of sp³-hybridized carbons (Fsp3) is 0.0588. The van der Waals surface area contributed by atoms with E-state index in [0.717, 1.165) is 6.07 Å². The molecule has 0 unspecified atom stereocenters. The molecule has 0 bridgehead atoms. The molecule has 3 aromatic carbocycles. The van der Waals surface area contributed by atoms with Crippen LogP contribution in [0.5, 0.6) is 11.5 Å². The van der Waals surface area contributed by atoms with E-state index < -0.39 is 10.1 Å². The van der Waals surface area contributed by atoms with Gasteiger partial charge in [-0.3, -0.25) is 4.55 Å². The molecule has 0 saturated carbocycles. The Balaban J connectivity index is 0.00000182. The molecule has 0 atom stereocenters. The first kappa shape index (κ1) is 20.3. The van der Waals surface area contributed by atoms with E-state index in [1.807, 2.05) is 0 Å². The zero-order valence-electron chi connectivity index (χ0n) is 15.1. The van der Waals surface area contributed by atoms with Crippen molar-refractivity contribution in [3.05, 3.63) is 54.6 Å². The zero-order chi connectivity index (χ0) is 18.0. The first-order chi connectivity index (χ1) is 11.9. The van der Waals surface area contributed by atoms with Gasteiger partial charge >= 0.3 is 29.6 Å². The van der Waals surface area contributed by atoms with Crippen molar-refractivity contribution in [2.45, 2.75) is 4.90 Å². The van der Waals surface area contributed by atoms with E-state index in [0.29, 0.717) is 11.4 Å². The van der Waals surface area contributed by atoms with Crippen LogP contribution < -0.4 is 34.3 Å². The third kappa shape index (κ3) is 4.05. The third-order valence-corrected chi connectivity index (χ3v) is 4.48. The molecule has 3 aromatic rings. The Morgan fingerprint density at radius 1 is 0.962 bits per heavy atom. The maximum absolute atomic E-state index is 11.7. The minimum Gasteiger partial charge on any atom is -1.00 e. The van der Waals surface area contributed by atoms with Crippen LogP contribution in [0.1, 0.15) is 1.43 Å². The predicted octanol–water partition coefficient (Wildman–Crippen LogP) is 1.33. The molecule has 0 aliphatic carbocycles. The van der Waals surface area contributed by atoms with Gasteiger partial charge in [0.2, 0.25) is 0 Å². The number of phenols is 1. The number of methoxy groups -OCH3 is 1. The van der Waals surface area contributed by atoms with Crippen molar-refractivity contribution in [1.82, 2.24) is 0 Å². The molecule has 0 heterocycles. The Morgan fingerprint density at radius 2 is 1.54 bits per heavy atom. The average Bonchev–Trinajstić information content (AvgIpc) is 2.60. The number of nitrogens with zero attached hydrogens (tertiary/aromatic N) is 2. The average molecular weight is 382 g/mol. The molecule has 0 amide bonds. The SMILES string of the molecule is COc1ccccc1N=Nc1cc(S(=O)(=O)O)c2ccccc2c1O.[H-].[Na+]. The molecule has 0 radical (unpaired) electrons. The van der Waals surface area contributed by atoms with Gasteiger partial charge in [0, 0.05) is 10.8 Å². The minimum atomic E-state index is -4.50. The molecular weight excluding hydrogens is 367 g/mol. The van der Waals surface area contributed by atoms with Crippen LogP contribution in [0.15, 0.2) is 69.7 Å². The fourth-order valence-corrected chi connectivity index (χ4v) is 3.14. The summed E-state index contributed by atoms with van der Waals surface area (Å²) in [5.74, 6) is 0.239. The standard InChI is InChI=1S/C17H14N2O5S.Na.H/c1-24-15-9-5-4-8-13(15)18-19-14-10-16(25(21,22)23)11-6-2-3-7-12(11)17(14)20;;/h2-10,20H,1H3,(H,21,22,23);;/q;+1;-1. The normalized spacial score (nSPS) is 11.5. The van der Waals surface area contributed by atoms with Crippen molar-refractivity contribution in [2.24, 2.45) is 10.2 Å². The van der Waals surface area contributed by atoms with Crippen molar-refractivity contribution in [1.29, 1.82) is 0 Å². The Morgan fingerprint density at radius 3 is 2.19 bits per heavy atom. The first-order valence-electron chi connectivity index (χ1n) is 7.19. The quantitative estimate of drug-likeness (QED) is 0.402. The van der Waals surface area contributed by atoms with Crippen LogP contribution in [-0.4, -0.2) is 25.2 Å². The maximum Gasteiger partial charge on any atom is 1.00 e. The molecule has 0 aliphatic heterocycles. The summed E-state index contributed by atoms with van der Waals surface area (Å²) in [5.41, 5.74) is 0.322. The van der Waals surface area contributed by atoms with Gasteiger partial charge in [-0.05, 0) is 18.2 Å². The second-order valence-electron chi connectivity index (χ2n) is 5.13. The molecular formula is C17H15N2NaO5S. The van der Waals surface area contributed by atoms with E-state index >= 15 is 0 Å². The van der Waals surface area contributed by atoms with E-state index in [-0.39, 0.29) is 58.1 Å². The van der Waals surface area contributed by atoms with Gasteiger partial charge in [-0.2, -0.15) is 8.42 Å². The Labute approximate surface area is 173 Å². The summed E-state index contributed by atoms with van der Waals surface area (Å²) in [6, 6.07) is 14.2. The zero-order valence-corrected chi connectivity index (χ0v) is 16.9. The van der Waals surface area contributed by atoms with E-state index in [1.165, 1.54) is 19.2 Å². The van der Waals surface area contributed by atoms with Gasteiger partial charge in [0.15, 0.2) is 5.75 Å². The van der Waals surface area contributed by atoms with Crippen LogP contribution in [0.3, 0.4) is 0 Å². The monoisotopic (exact) mass is 382 g/mol. The molecule has 0 spiro atoms. The summed E-state index contributed by atoms with van der Waals surface area (Å²) in [6.07, 6.45) is 0. The van der Waals surface area contributed by atoms with Crippen LogP contribution in [0, 0.1) is 0 Å². The topological polar surface area (TPSA) is 109 Å². The van der Waals surface area contributed by atoms with E-state index in [2.05, 4.69) is 10.2 Å². The summed E-state index contributed by atoms with van der Waals surface area (Å²) < 4.78 is 38.0. The number of azo groups is 1. The number of hydrogen-bond donors (Lipinski definition) is 2. The van der Waals surface area contributed by atoms with Crippen molar-refractivity contribution < 1.29 is 53.8 Å². The van der Waals surface area contributed by atoms with Gasteiger partial charge in [-0.25, -0.2) is 0 Å². The smallest absolute Gasteiger partial charge is 1.00 e. The van der Waals surface area contributed by atoms with Gasteiger partial charge < -0.3 is 11.3 Å². The first-order valence-corrected chi connectivity index (χ1v) is 8.63. The number of ether oxygens (including phenoxy) is 1. The van der Waals surface area contributed by atoms with Crippen LogP contribution in [0.25, 0.3) is 10.8 Å². The van der Waals surface area contributed by atoms with Crippen molar-refractivity contribution >= 4 is 32.3 Å². The van der Waals surface area contributed by atoms with Gasteiger partial charge in [0.1, 0.15) is 22.0 Å². The van der Waals surface area contributed by atoms with Crippen LogP contribution >= 0.6 is 0 Å². The number of hydrogen-bond acceptors (Lipinski definition) is 6. The number of aromatic hydroxyl groups is 1. The van der Waals surface area contributed by atoms with E-state index in [4.69, 9.17) is 4.74 Å². The van der Waals surface area contributed by atoms with Gasteiger partial charge in [0.05, 0.1) is 7.11 Å². The van der Waals surface area contributed by atoms with Gasteiger partial charge in [-0.1, -0.05) is 36.4 Å². The molecule has 0 aromatic heterocycles. The fourth-order valence-electron chi connectivity index (χ4n) is 2.42. The summed E-state index contributed by atoms with van der Waals surface area (Å²) in [6.45, 7) is 0. The number of benzene rings is 3. The molecule has 130 valence electrons. The van der Waals surface area contributed by atoms with Crippen LogP contribution in [-0.2, 0) is 10.1 Å². The Hall–Kier alpha value is -1.97. The van der Waals surface area contributed by atoms with Crippen molar-refractivity contribution in [3.8, 4) is 11.5 Å². The largest absolute Gasteiger partial charge is 1.00 e. The summed E-state index contributed by atoms with van der Waals surface area (Å²) in [4.78, 5) is -0.352. The predicted molar refractivity (Wildman–Crippen MR) is 93.7 cm³/mol. The molecule has 9 heteroatoms. The molecule has 3 rings (SSSR count). The third-order valence-electron chi connectivity index (χ3n) is 3.59. The summed E-state index contributed by atoms with van der Waals surface area (Å²) in [5, 5.41) is 18.7. The number of phenolic OH excluding ortho intramolecular Hbond substituents is 1. The Kier molecular flexibility index (Phi) is 6.38. The second kappa shape index (κ2) is 8.15. The van der Waals surface area contributed by atoms with Crippen LogP contribution in [0.2, 0.25) is 0 Å². The van der Waals surface area contributed by atoms with Gasteiger partial charge in [0.25, 0.3) is 10.1 Å². The summed E-state index contributed by atoms with van der Waals surface area (Å²) in [7, 11) is -3.02. The number of para-hydroxylation sites is 1. The molecule has 0 fully saturated rings. The van der Waals surface area contributed by atoms with Crippen LogP contribution in [0.4, 0.5) is 11.4 Å². The number of rotatable bonds is 4. The molecule has 0 saturated heterocycles. The summed E-state index contributed by atoms with van der Waals surface area (Å²) >= 11 is 0. The molecule has 26 heavy (non-hydrogen) atoms. The maximum atomic E-state index is 11.7. The second-order valence-corrected chi connectivity index (χ2v) is 6.52. The van der Waals surface area contributed by atoms with E-state index in [1.54, 1.807) is 36.4 Å². The minimum absolute atomic E-state index is 0. The number of fused-ring (bicyclic) bond motifs is 1.